The first-order valence-electron chi connectivity index (χ1n) is 5.21. The fourth-order valence-corrected chi connectivity index (χ4v) is 2.84. The van der Waals surface area contributed by atoms with Gasteiger partial charge in [0.1, 0.15) is 5.84 Å². The van der Waals surface area contributed by atoms with Crippen molar-refractivity contribution in [2.45, 2.75) is 38.6 Å². The lowest BCUT2D eigenvalue weighted by atomic mass is 10.1. The summed E-state index contributed by atoms with van der Waals surface area (Å²) >= 11 is 1.80. The molecule has 0 saturated heterocycles. The van der Waals surface area contributed by atoms with Gasteiger partial charge in [0.2, 0.25) is 0 Å². The molecule has 0 radical (unpaired) electrons. The van der Waals surface area contributed by atoms with Gasteiger partial charge in [-0.1, -0.05) is 13.3 Å². The number of hydrogen-bond donors (Lipinski definition) is 1. The van der Waals surface area contributed by atoms with E-state index < -0.39 is 0 Å². The Morgan fingerprint density at radius 2 is 2.50 bits per heavy atom. The fourth-order valence-electron chi connectivity index (χ4n) is 1.93. The van der Waals surface area contributed by atoms with Gasteiger partial charge in [0.15, 0.2) is 0 Å². The van der Waals surface area contributed by atoms with Crippen LogP contribution in [0.5, 0.6) is 0 Å². The van der Waals surface area contributed by atoms with E-state index >= 15 is 0 Å². The Morgan fingerprint density at radius 3 is 3.29 bits per heavy atom. The number of fused-ring (bicyclic) bond motifs is 1. The average molecular weight is 208 g/mol. The predicted octanol–water partition coefficient (Wildman–Crippen LogP) is 2.57. The van der Waals surface area contributed by atoms with Gasteiger partial charge in [0.25, 0.3) is 0 Å². The maximum absolute atomic E-state index is 5.97. The molecule has 2 N–H and O–H groups in total. The highest BCUT2D eigenvalue weighted by Gasteiger charge is 2.16. The van der Waals surface area contributed by atoms with Gasteiger partial charge in [0, 0.05) is 10.4 Å². The Hall–Kier alpha value is -0.830. The quantitative estimate of drug-likeness (QED) is 0.797. The molecular weight excluding hydrogens is 192 g/mol. The molecule has 2 heterocycles. The number of nitrogens with zero attached hydrogens (tertiary/aromatic N) is 1. The lowest BCUT2D eigenvalue weighted by molar-refractivity contribution is 0.569. The summed E-state index contributed by atoms with van der Waals surface area (Å²) in [6.45, 7) is 2.20. The van der Waals surface area contributed by atoms with Gasteiger partial charge >= 0.3 is 0 Å². The SMILES string of the molecule is CCCC1CCc2sccc2C(N)=N1. The van der Waals surface area contributed by atoms with Crippen molar-refractivity contribution in [3.63, 3.8) is 0 Å². The number of thiophene rings is 1. The molecule has 1 aliphatic rings. The summed E-state index contributed by atoms with van der Waals surface area (Å²) in [4.78, 5) is 5.99. The largest absolute Gasteiger partial charge is 0.383 e. The molecule has 1 aromatic rings. The lowest BCUT2D eigenvalue weighted by Gasteiger charge is -2.08. The molecule has 0 amide bonds. The Morgan fingerprint density at radius 1 is 1.64 bits per heavy atom. The predicted molar refractivity (Wildman–Crippen MR) is 62.1 cm³/mol. The van der Waals surface area contributed by atoms with Gasteiger partial charge < -0.3 is 5.73 Å². The highest BCUT2D eigenvalue weighted by molar-refractivity contribution is 7.10. The third kappa shape index (κ3) is 1.82. The molecule has 0 saturated carbocycles. The topological polar surface area (TPSA) is 38.4 Å². The Labute approximate surface area is 88.9 Å². The van der Waals surface area contributed by atoms with E-state index in [9.17, 15) is 0 Å². The number of rotatable bonds is 2. The lowest BCUT2D eigenvalue weighted by Crippen LogP contribution is -2.15. The van der Waals surface area contributed by atoms with E-state index in [0.717, 1.165) is 25.1 Å². The molecule has 0 aliphatic carbocycles. The van der Waals surface area contributed by atoms with Crippen LogP contribution in [0.2, 0.25) is 0 Å². The van der Waals surface area contributed by atoms with E-state index in [2.05, 4.69) is 23.4 Å². The second-order valence-electron chi connectivity index (χ2n) is 3.75. The summed E-state index contributed by atoms with van der Waals surface area (Å²) in [6.07, 6.45) is 4.65. The average Bonchev–Trinajstić information content (AvgIpc) is 2.57. The van der Waals surface area contributed by atoms with Crippen molar-refractivity contribution in [2.24, 2.45) is 10.7 Å². The molecular formula is C11H16N2S. The van der Waals surface area contributed by atoms with Crippen LogP contribution < -0.4 is 5.73 Å². The van der Waals surface area contributed by atoms with E-state index in [4.69, 9.17) is 5.73 Å². The summed E-state index contributed by atoms with van der Waals surface area (Å²) in [6, 6.07) is 2.53. The van der Waals surface area contributed by atoms with Crippen LogP contribution in [0.15, 0.2) is 16.4 Å². The first-order valence-corrected chi connectivity index (χ1v) is 6.09. The monoisotopic (exact) mass is 208 g/mol. The molecule has 1 atom stereocenters. The molecule has 3 heteroatoms. The number of amidine groups is 1. The van der Waals surface area contributed by atoms with Crippen molar-refractivity contribution in [3.8, 4) is 0 Å². The van der Waals surface area contributed by atoms with Crippen LogP contribution in [0, 0.1) is 0 Å². The first-order chi connectivity index (χ1) is 6.81. The maximum atomic E-state index is 5.97. The van der Waals surface area contributed by atoms with Crippen molar-refractivity contribution in [1.82, 2.24) is 0 Å². The maximum Gasteiger partial charge on any atom is 0.127 e. The normalized spacial score (nSPS) is 21.2. The van der Waals surface area contributed by atoms with Crippen molar-refractivity contribution in [3.05, 3.63) is 21.9 Å². The van der Waals surface area contributed by atoms with E-state index in [1.165, 1.54) is 16.9 Å². The van der Waals surface area contributed by atoms with E-state index in [0.29, 0.717) is 6.04 Å². The van der Waals surface area contributed by atoms with Gasteiger partial charge in [-0.2, -0.15) is 0 Å². The van der Waals surface area contributed by atoms with Gasteiger partial charge in [-0.05, 0) is 30.7 Å². The zero-order valence-electron chi connectivity index (χ0n) is 8.49. The molecule has 0 spiro atoms. The molecule has 1 aliphatic heterocycles. The van der Waals surface area contributed by atoms with Crippen LogP contribution in [0.4, 0.5) is 0 Å². The van der Waals surface area contributed by atoms with E-state index in [-0.39, 0.29) is 0 Å². The zero-order valence-corrected chi connectivity index (χ0v) is 9.31. The van der Waals surface area contributed by atoms with Crippen molar-refractivity contribution >= 4 is 17.2 Å². The summed E-state index contributed by atoms with van der Waals surface area (Å²) in [7, 11) is 0. The van der Waals surface area contributed by atoms with Crippen molar-refractivity contribution in [1.29, 1.82) is 0 Å². The van der Waals surface area contributed by atoms with Crippen molar-refractivity contribution in [2.75, 3.05) is 0 Å². The molecule has 2 nitrogen and oxygen atoms in total. The Kier molecular flexibility index (Phi) is 2.87. The second kappa shape index (κ2) is 4.13. The summed E-state index contributed by atoms with van der Waals surface area (Å²) in [5, 5.41) is 2.10. The number of nitrogens with two attached hydrogens (primary N) is 1. The van der Waals surface area contributed by atoms with Gasteiger partial charge in [-0.15, -0.1) is 11.3 Å². The molecule has 0 bridgehead atoms. The van der Waals surface area contributed by atoms with Crippen molar-refractivity contribution < 1.29 is 0 Å². The fraction of sp³-hybridized carbons (Fsp3) is 0.545. The molecule has 76 valence electrons. The summed E-state index contributed by atoms with van der Waals surface area (Å²) in [5.41, 5.74) is 7.14. The Bertz CT molecular complexity index is 341. The van der Waals surface area contributed by atoms with Crippen LogP contribution in [-0.4, -0.2) is 11.9 Å². The van der Waals surface area contributed by atoms with Gasteiger partial charge in [0.05, 0.1) is 6.04 Å². The van der Waals surface area contributed by atoms with Crippen LogP contribution in [0.1, 0.15) is 36.6 Å². The zero-order chi connectivity index (χ0) is 9.97. The highest BCUT2D eigenvalue weighted by atomic mass is 32.1. The second-order valence-corrected chi connectivity index (χ2v) is 4.75. The minimum atomic E-state index is 0.444. The molecule has 2 rings (SSSR count). The molecule has 0 fully saturated rings. The first kappa shape index (κ1) is 9.71. The van der Waals surface area contributed by atoms with Gasteiger partial charge in [-0.25, -0.2) is 0 Å². The Balaban J connectivity index is 2.23. The number of hydrogen-bond acceptors (Lipinski definition) is 3. The van der Waals surface area contributed by atoms with E-state index in [1.54, 1.807) is 11.3 Å². The third-order valence-corrected chi connectivity index (χ3v) is 3.65. The minimum Gasteiger partial charge on any atom is -0.383 e. The van der Waals surface area contributed by atoms with Crippen LogP contribution in [-0.2, 0) is 6.42 Å². The number of aliphatic imine (C=N–C) groups is 1. The molecule has 14 heavy (non-hydrogen) atoms. The van der Waals surface area contributed by atoms with Crippen LogP contribution in [0.25, 0.3) is 0 Å². The summed E-state index contributed by atoms with van der Waals surface area (Å²) in [5.74, 6) is 0.747. The standard InChI is InChI=1S/C11H16N2S/c1-2-3-8-4-5-10-9(6-7-14-10)11(12)13-8/h6-8H,2-5H2,1H3,(H2,12,13). The van der Waals surface area contributed by atoms with Crippen LogP contribution in [0.3, 0.4) is 0 Å². The smallest absolute Gasteiger partial charge is 0.127 e. The van der Waals surface area contributed by atoms with E-state index in [1.807, 2.05) is 0 Å². The highest BCUT2D eigenvalue weighted by Crippen LogP contribution is 2.24. The molecule has 1 aromatic heterocycles. The number of aryl methyl sites for hydroxylation is 1. The minimum absolute atomic E-state index is 0.444. The molecule has 0 aromatic carbocycles. The van der Waals surface area contributed by atoms with Crippen LogP contribution >= 0.6 is 11.3 Å². The third-order valence-electron chi connectivity index (χ3n) is 2.67. The summed E-state index contributed by atoms with van der Waals surface area (Å²) < 4.78 is 0. The van der Waals surface area contributed by atoms with Gasteiger partial charge in [-0.3, -0.25) is 4.99 Å². The molecule has 1 unspecified atom stereocenters.